The lowest BCUT2D eigenvalue weighted by Crippen LogP contribution is -2.56. The summed E-state index contributed by atoms with van der Waals surface area (Å²) in [5, 5.41) is 3.64. The summed E-state index contributed by atoms with van der Waals surface area (Å²) < 4.78 is 0. The van der Waals surface area contributed by atoms with Gasteiger partial charge in [-0.2, -0.15) is 0 Å². The van der Waals surface area contributed by atoms with Crippen LogP contribution in [0.5, 0.6) is 0 Å². The Bertz CT molecular complexity index is 760. The average molecular weight is 368 g/mol. The SMILES string of the molecule is CCC1=CC2=CC[C@@]34C[C@]35CC[C@H](NC)C(C)(C)[C@@H]5CC[C@H]4[C@]2(C)CC1=O. The maximum atomic E-state index is 12.8. The number of hydrogen-bond acceptors (Lipinski definition) is 2. The second-order valence-electron chi connectivity index (χ2n) is 11.3. The normalized spacial score (nSPS) is 49.8. The van der Waals surface area contributed by atoms with Crippen LogP contribution in [0, 0.1) is 33.5 Å². The molecule has 3 fully saturated rings. The summed E-state index contributed by atoms with van der Waals surface area (Å²) in [4.78, 5) is 12.8. The van der Waals surface area contributed by atoms with Gasteiger partial charge in [-0.3, -0.25) is 4.79 Å². The van der Waals surface area contributed by atoms with Crippen LogP contribution in [0.2, 0.25) is 0 Å². The molecular formula is C25H37NO. The Labute approximate surface area is 165 Å². The monoisotopic (exact) mass is 367 g/mol. The first-order valence-corrected chi connectivity index (χ1v) is 11.4. The number of carbonyl (C=O) groups excluding carboxylic acids is 1. The van der Waals surface area contributed by atoms with E-state index >= 15 is 0 Å². The van der Waals surface area contributed by atoms with Gasteiger partial charge in [0.15, 0.2) is 5.78 Å². The van der Waals surface area contributed by atoms with E-state index in [9.17, 15) is 4.79 Å². The maximum Gasteiger partial charge on any atom is 0.159 e. The molecule has 0 amide bonds. The Hall–Kier alpha value is -0.890. The fourth-order valence-electron chi connectivity index (χ4n) is 9.01. The van der Waals surface area contributed by atoms with Gasteiger partial charge in [-0.1, -0.05) is 39.8 Å². The van der Waals surface area contributed by atoms with Crippen molar-refractivity contribution in [1.29, 1.82) is 0 Å². The number of rotatable bonds is 2. The summed E-state index contributed by atoms with van der Waals surface area (Å²) in [6, 6.07) is 0.652. The molecule has 0 heterocycles. The molecule has 0 saturated heterocycles. The Balaban J connectivity index is 1.56. The molecule has 0 aromatic carbocycles. The first-order valence-electron chi connectivity index (χ1n) is 11.4. The van der Waals surface area contributed by atoms with Gasteiger partial charge in [0.25, 0.3) is 0 Å². The number of allylic oxidation sites excluding steroid dienone is 4. The molecule has 27 heavy (non-hydrogen) atoms. The van der Waals surface area contributed by atoms with Crippen molar-refractivity contribution in [2.75, 3.05) is 7.05 Å². The number of Topliss-reactive ketones (excluding diaryl/α,β-unsaturated/α-hetero) is 1. The highest BCUT2D eigenvalue weighted by Gasteiger charge is 2.79. The molecule has 5 aliphatic rings. The van der Waals surface area contributed by atoms with E-state index in [1.54, 1.807) is 0 Å². The third-order valence-electron chi connectivity index (χ3n) is 10.3. The Kier molecular flexibility index (Phi) is 3.62. The van der Waals surface area contributed by atoms with Crippen LogP contribution >= 0.6 is 0 Å². The summed E-state index contributed by atoms with van der Waals surface area (Å²) >= 11 is 0. The van der Waals surface area contributed by atoms with Crippen molar-refractivity contribution < 1.29 is 4.79 Å². The van der Waals surface area contributed by atoms with Crippen LogP contribution in [-0.4, -0.2) is 18.9 Å². The summed E-state index contributed by atoms with van der Waals surface area (Å²) in [6.07, 6.45) is 14.6. The van der Waals surface area contributed by atoms with Crippen molar-refractivity contribution in [2.45, 2.75) is 85.1 Å². The summed E-state index contributed by atoms with van der Waals surface area (Å²) in [5.41, 5.74) is 4.07. The summed E-state index contributed by atoms with van der Waals surface area (Å²) in [5.74, 6) is 1.97. The highest BCUT2D eigenvalue weighted by Crippen LogP contribution is 2.86. The third-order valence-corrected chi connectivity index (χ3v) is 10.3. The molecular weight excluding hydrogens is 330 g/mol. The van der Waals surface area contributed by atoms with E-state index < -0.39 is 0 Å². The van der Waals surface area contributed by atoms with Crippen molar-refractivity contribution in [2.24, 2.45) is 33.5 Å². The van der Waals surface area contributed by atoms with Crippen molar-refractivity contribution in [3.05, 3.63) is 23.3 Å². The topological polar surface area (TPSA) is 29.1 Å². The quantitative estimate of drug-likeness (QED) is 0.704. The van der Waals surface area contributed by atoms with E-state index in [2.05, 4.69) is 52.2 Å². The van der Waals surface area contributed by atoms with Gasteiger partial charge in [-0.25, -0.2) is 0 Å². The molecule has 0 radical (unpaired) electrons. The average Bonchev–Trinajstić information content (AvgIpc) is 3.28. The smallest absolute Gasteiger partial charge is 0.159 e. The van der Waals surface area contributed by atoms with Crippen molar-refractivity contribution in [3.8, 4) is 0 Å². The van der Waals surface area contributed by atoms with E-state index in [4.69, 9.17) is 0 Å². The van der Waals surface area contributed by atoms with Crippen LogP contribution in [0.3, 0.4) is 0 Å². The molecule has 148 valence electrons. The van der Waals surface area contributed by atoms with Gasteiger partial charge >= 0.3 is 0 Å². The molecule has 3 saturated carbocycles. The zero-order valence-corrected chi connectivity index (χ0v) is 18.0. The molecule has 5 rings (SSSR count). The van der Waals surface area contributed by atoms with Gasteiger partial charge in [0.2, 0.25) is 0 Å². The second kappa shape index (κ2) is 5.38. The van der Waals surface area contributed by atoms with Gasteiger partial charge in [-0.15, -0.1) is 0 Å². The molecule has 2 spiro atoms. The summed E-state index contributed by atoms with van der Waals surface area (Å²) in [6.45, 7) is 9.61. The molecule has 0 bridgehead atoms. The molecule has 0 aromatic rings. The van der Waals surface area contributed by atoms with Crippen LogP contribution in [0.1, 0.15) is 79.1 Å². The van der Waals surface area contributed by atoms with Crippen LogP contribution in [-0.2, 0) is 4.79 Å². The van der Waals surface area contributed by atoms with E-state index in [-0.39, 0.29) is 5.41 Å². The Morgan fingerprint density at radius 1 is 1.11 bits per heavy atom. The maximum absolute atomic E-state index is 12.8. The predicted octanol–water partition coefficient (Wildman–Crippen LogP) is 5.44. The summed E-state index contributed by atoms with van der Waals surface area (Å²) in [7, 11) is 2.15. The fourth-order valence-corrected chi connectivity index (χ4v) is 9.01. The van der Waals surface area contributed by atoms with E-state index in [1.807, 2.05) is 0 Å². The number of nitrogens with one attached hydrogen (secondary N) is 1. The lowest BCUT2D eigenvalue weighted by molar-refractivity contribution is -0.121. The minimum absolute atomic E-state index is 0.0898. The van der Waals surface area contributed by atoms with Crippen LogP contribution in [0.15, 0.2) is 23.3 Å². The van der Waals surface area contributed by atoms with Gasteiger partial charge in [0, 0.05) is 17.9 Å². The van der Waals surface area contributed by atoms with Crippen molar-refractivity contribution in [3.63, 3.8) is 0 Å². The number of fused-ring (bicyclic) bond motifs is 2. The van der Waals surface area contributed by atoms with Crippen LogP contribution in [0.4, 0.5) is 0 Å². The molecule has 0 unspecified atom stereocenters. The van der Waals surface area contributed by atoms with E-state index in [0.717, 1.165) is 24.3 Å². The van der Waals surface area contributed by atoms with Gasteiger partial charge in [0.1, 0.15) is 0 Å². The lowest BCUT2D eigenvalue weighted by atomic mass is 9.45. The largest absolute Gasteiger partial charge is 0.316 e. The van der Waals surface area contributed by atoms with Gasteiger partial charge in [0.05, 0.1) is 0 Å². The zero-order chi connectivity index (χ0) is 19.2. The third kappa shape index (κ3) is 1.99. The van der Waals surface area contributed by atoms with Crippen molar-refractivity contribution in [1.82, 2.24) is 5.32 Å². The standard InChI is InChI=1S/C25H37NO/c1-6-16-13-17-9-11-25-15-24(25)12-10-21(26-5)22(2,3)19(24)7-8-20(25)23(17,4)14-18(16)27/h9,13,19-21,26H,6-8,10-12,14-15H2,1-5H3/t19-,20-,21-,23+,24-,25-/m0/s1. The lowest BCUT2D eigenvalue weighted by Gasteiger charge is -2.59. The molecule has 1 N–H and O–H groups in total. The van der Waals surface area contributed by atoms with Gasteiger partial charge in [-0.05, 0) is 91.2 Å². The fraction of sp³-hybridized carbons (Fsp3) is 0.800. The first kappa shape index (κ1) is 18.2. The Morgan fingerprint density at radius 3 is 2.56 bits per heavy atom. The molecule has 2 heteroatoms. The highest BCUT2D eigenvalue weighted by molar-refractivity contribution is 5.98. The molecule has 0 aliphatic heterocycles. The number of ketones is 1. The first-order chi connectivity index (χ1) is 12.7. The molecule has 0 aromatic heterocycles. The van der Waals surface area contributed by atoms with E-state index in [0.29, 0.717) is 34.0 Å². The molecule has 2 nitrogen and oxygen atoms in total. The van der Waals surface area contributed by atoms with Crippen LogP contribution in [0.25, 0.3) is 0 Å². The molecule has 6 atom stereocenters. The van der Waals surface area contributed by atoms with E-state index in [1.165, 1.54) is 44.1 Å². The molecule has 5 aliphatic carbocycles. The minimum Gasteiger partial charge on any atom is -0.316 e. The van der Waals surface area contributed by atoms with Crippen LogP contribution < -0.4 is 5.32 Å². The second-order valence-corrected chi connectivity index (χ2v) is 11.3. The highest BCUT2D eigenvalue weighted by atomic mass is 16.1. The number of hydrogen-bond donors (Lipinski definition) is 1. The minimum atomic E-state index is 0.0898. The van der Waals surface area contributed by atoms with Crippen molar-refractivity contribution >= 4 is 5.78 Å². The predicted molar refractivity (Wildman–Crippen MR) is 110 cm³/mol. The zero-order valence-electron chi connectivity index (χ0n) is 18.0. The van der Waals surface area contributed by atoms with Gasteiger partial charge < -0.3 is 5.32 Å². The number of carbonyl (C=O) groups is 1. The Morgan fingerprint density at radius 2 is 1.85 bits per heavy atom.